The molecule has 4 heteroatoms. The summed E-state index contributed by atoms with van der Waals surface area (Å²) < 4.78 is 0. The quantitative estimate of drug-likeness (QED) is 0.709. The molecule has 2 rings (SSSR count). The Morgan fingerprint density at radius 1 is 1.67 bits per heavy atom. The van der Waals surface area contributed by atoms with Crippen molar-refractivity contribution >= 4 is 5.78 Å². The molecule has 0 saturated carbocycles. The lowest BCUT2D eigenvalue weighted by Gasteiger charge is -2.33. The Bertz CT molecular complexity index is 321. The van der Waals surface area contributed by atoms with Crippen molar-refractivity contribution < 1.29 is 4.79 Å². The Labute approximate surface area is 89.7 Å². The zero-order chi connectivity index (χ0) is 10.7. The Morgan fingerprint density at radius 3 is 3.20 bits per heavy atom. The highest BCUT2D eigenvalue weighted by atomic mass is 16.1. The standard InChI is InChI=1S/C11H17N3O/c1-9-7-12-5-6-14(9)8-11(15)10-3-2-4-13-10/h2-4,9,12-13H,5-8H2,1H3. The Kier molecular flexibility index (Phi) is 3.18. The Hall–Kier alpha value is -1.13. The number of nitrogens with zero attached hydrogens (tertiary/aromatic N) is 1. The van der Waals surface area contributed by atoms with Gasteiger partial charge in [-0.15, -0.1) is 0 Å². The lowest BCUT2D eigenvalue weighted by Crippen LogP contribution is -2.51. The van der Waals surface area contributed by atoms with Crippen molar-refractivity contribution in [3.63, 3.8) is 0 Å². The minimum atomic E-state index is 0.175. The average molecular weight is 207 g/mol. The number of hydrogen-bond acceptors (Lipinski definition) is 3. The summed E-state index contributed by atoms with van der Waals surface area (Å²) >= 11 is 0. The van der Waals surface area contributed by atoms with Crippen LogP contribution in [0.25, 0.3) is 0 Å². The third-order valence-corrected chi connectivity index (χ3v) is 2.88. The van der Waals surface area contributed by atoms with Gasteiger partial charge in [-0.2, -0.15) is 0 Å². The molecule has 2 heterocycles. The van der Waals surface area contributed by atoms with E-state index in [0.29, 0.717) is 18.3 Å². The summed E-state index contributed by atoms with van der Waals surface area (Å²) in [6.45, 7) is 5.56. The summed E-state index contributed by atoms with van der Waals surface area (Å²) in [6.07, 6.45) is 1.79. The van der Waals surface area contributed by atoms with Gasteiger partial charge in [-0.25, -0.2) is 0 Å². The average Bonchev–Trinajstić information content (AvgIpc) is 2.74. The molecule has 1 aromatic rings. The van der Waals surface area contributed by atoms with E-state index in [0.717, 1.165) is 19.6 Å². The second kappa shape index (κ2) is 4.59. The third kappa shape index (κ3) is 2.46. The predicted octanol–water partition coefficient (Wildman–Crippen LogP) is 0.491. The summed E-state index contributed by atoms with van der Waals surface area (Å²) in [5, 5.41) is 3.31. The van der Waals surface area contributed by atoms with Crippen molar-refractivity contribution in [2.75, 3.05) is 26.2 Å². The number of piperazine rings is 1. The van der Waals surface area contributed by atoms with Gasteiger partial charge in [-0.1, -0.05) is 0 Å². The number of H-pyrrole nitrogens is 1. The first-order chi connectivity index (χ1) is 7.27. The van der Waals surface area contributed by atoms with Gasteiger partial charge < -0.3 is 10.3 Å². The van der Waals surface area contributed by atoms with Gasteiger partial charge in [-0.05, 0) is 19.1 Å². The number of Topliss-reactive ketones (excluding diaryl/α,β-unsaturated/α-hetero) is 1. The molecule has 1 unspecified atom stereocenters. The molecule has 1 saturated heterocycles. The lowest BCUT2D eigenvalue weighted by molar-refractivity contribution is 0.0871. The van der Waals surface area contributed by atoms with Crippen LogP contribution in [0.4, 0.5) is 0 Å². The zero-order valence-corrected chi connectivity index (χ0v) is 8.99. The molecule has 0 spiro atoms. The summed E-state index contributed by atoms with van der Waals surface area (Å²) in [6, 6.07) is 4.13. The first-order valence-corrected chi connectivity index (χ1v) is 5.39. The van der Waals surface area contributed by atoms with Gasteiger partial charge in [0.25, 0.3) is 0 Å². The molecule has 0 amide bonds. The van der Waals surface area contributed by atoms with Gasteiger partial charge >= 0.3 is 0 Å². The number of nitrogens with one attached hydrogen (secondary N) is 2. The number of ketones is 1. The lowest BCUT2D eigenvalue weighted by atomic mass is 10.2. The van der Waals surface area contributed by atoms with Crippen LogP contribution in [0.3, 0.4) is 0 Å². The van der Waals surface area contributed by atoms with Crippen LogP contribution in [0.5, 0.6) is 0 Å². The SMILES string of the molecule is CC1CNCCN1CC(=O)c1ccc[nH]1. The number of carbonyl (C=O) groups is 1. The molecular formula is C11H17N3O. The molecular weight excluding hydrogens is 190 g/mol. The fourth-order valence-corrected chi connectivity index (χ4v) is 1.89. The van der Waals surface area contributed by atoms with Crippen LogP contribution in [0.1, 0.15) is 17.4 Å². The number of aromatic amines is 1. The molecule has 0 aliphatic carbocycles. The minimum absolute atomic E-state index is 0.175. The molecule has 0 bridgehead atoms. The van der Waals surface area contributed by atoms with Crippen molar-refractivity contribution in [2.45, 2.75) is 13.0 Å². The summed E-state index contributed by atoms with van der Waals surface area (Å²) in [5.41, 5.74) is 0.709. The second-order valence-corrected chi connectivity index (χ2v) is 4.03. The maximum atomic E-state index is 11.8. The van der Waals surface area contributed by atoms with Crippen LogP contribution in [0, 0.1) is 0 Å². The van der Waals surface area contributed by atoms with Gasteiger partial charge in [0.15, 0.2) is 5.78 Å². The highest BCUT2D eigenvalue weighted by Gasteiger charge is 2.20. The van der Waals surface area contributed by atoms with Crippen molar-refractivity contribution in [2.24, 2.45) is 0 Å². The van der Waals surface area contributed by atoms with E-state index >= 15 is 0 Å². The normalized spacial score (nSPS) is 22.9. The van der Waals surface area contributed by atoms with Crippen LogP contribution >= 0.6 is 0 Å². The van der Waals surface area contributed by atoms with Gasteiger partial charge in [-0.3, -0.25) is 9.69 Å². The molecule has 1 aliphatic heterocycles. The number of carbonyl (C=O) groups excluding carboxylic acids is 1. The summed E-state index contributed by atoms with van der Waals surface area (Å²) in [5.74, 6) is 0.175. The van der Waals surface area contributed by atoms with E-state index in [2.05, 4.69) is 22.1 Å². The fourth-order valence-electron chi connectivity index (χ4n) is 1.89. The van der Waals surface area contributed by atoms with E-state index in [1.54, 1.807) is 6.20 Å². The molecule has 0 radical (unpaired) electrons. The number of hydrogen-bond donors (Lipinski definition) is 2. The van der Waals surface area contributed by atoms with Crippen molar-refractivity contribution in [1.82, 2.24) is 15.2 Å². The first kappa shape index (κ1) is 10.4. The number of rotatable bonds is 3. The molecule has 1 aromatic heterocycles. The highest BCUT2D eigenvalue weighted by Crippen LogP contribution is 2.05. The second-order valence-electron chi connectivity index (χ2n) is 4.03. The molecule has 1 atom stereocenters. The summed E-state index contributed by atoms with van der Waals surface area (Å²) in [4.78, 5) is 17.0. The van der Waals surface area contributed by atoms with E-state index in [1.807, 2.05) is 12.1 Å². The molecule has 1 fully saturated rings. The molecule has 82 valence electrons. The molecule has 0 aromatic carbocycles. The Morgan fingerprint density at radius 2 is 2.53 bits per heavy atom. The Balaban J connectivity index is 1.93. The van der Waals surface area contributed by atoms with Crippen LogP contribution in [0.2, 0.25) is 0 Å². The van der Waals surface area contributed by atoms with Crippen LogP contribution in [-0.4, -0.2) is 47.9 Å². The van der Waals surface area contributed by atoms with Gasteiger partial charge in [0.2, 0.25) is 0 Å². The highest BCUT2D eigenvalue weighted by molar-refractivity contribution is 5.95. The van der Waals surface area contributed by atoms with Crippen LogP contribution in [0.15, 0.2) is 18.3 Å². The molecule has 2 N–H and O–H groups in total. The zero-order valence-electron chi connectivity index (χ0n) is 8.99. The van der Waals surface area contributed by atoms with Crippen LogP contribution < -0.4 is 5.32 Å². The van der Waals surface area contributed by atoms with Gasteiger partial charge in [0.1, 0.15) is 0 Å². The number of aromatic nitrogens is 1. The molecule has 1 aliphatic rings. The van der Waals surface area contributed by atoms with E-state index in [4.69, 9.17) is 0 Å². The first-order valence-electron chi connectivity index (χ1n) is 5.39. The van der Waals surface area contributed by atoms with Crippen molar-refractivity contribution in [3.05, 3.63) is 24.0 Å². The largest absolute Gasteiger partial charge is 0.359 e. The van der Waals surface area contributed by atoms with Crippen molar-refractivity contribution in [1.29, 1.82) is 0 Å². The predicted molar refractivity (Wildman–Crippen MR) is 59.0 cm³/mol. The third-order valence-electron chi connectivity index (χ3n) is 2.88. The van der Waals surface area contributed by atoms with E-state index in [9.17, 15) is 4.79 Å². The van der Waals surface area contributed by atoms with E-state index < -0.39 is 0 Å². The van der Waals surface area contributed by atoms with E-state index in [-0.39, 0.29) is 5.78 Å². The smallest absolute Gasteiger partial charge is 0.192 e. The van der Waals surface area contributed by atoms with Gasteiger partial charge in [0, 0.05) is 31.9 Å². The maximum Gasteiger partial charge on any atom is 0.192 e. The monoisotopic (exact) mass is 207 g/mol. The molecule has 4 nitrogen and oxygen atoms in total. The fraction of sp³-hybridized carbons (Fsp3) is 0.545. The maximum absolute atomic E-state index is 11.8. The minimum Gasteiger partial charge on any atom is -0.359 e. The van der Waals surface area contributed by atoms with Gasteiger partial charge in [0.05, 0.1) is 12.2 Å². The summed E-state index contributed by atoms with van der Waals surface area (Å²) in [7, 11) is 0. The van der Waals surface area contributed by atoms with E-state index in [1.165, 1.54) is 0 Å². The van der Waals surface area contributed by atoms with Crippen molar-refractivity contribution in [3.8, 4) is 0 Å². The topological polar surface area (TPSA) is 48.1 Å². The molecule has 15 heavy (non-hydrogen) atoms. The van der Waals surface area contributed by atoms with Crippen LogP contribution in [-0.2, 0) is 0 Å².